The maximum absolute atomic E-state index is 12.9. The molecule has 10 heteroatoms. The number of hydrogen-bond donors (Lipinski definition) is 0. The third-order valence-corrected chi connectivity index (χ3v) is 6.97. The lowest BCUT2D eigenvalue weighted by Gasteiger charge is -2.29. The van der Waals surface area contributed by atoms with Crippen molar-refractivity contribution in [1.29, 1.82) is 0 Å². The van der Waals surface area contributed by atoms with E-state index >= 15 is 0 Å². The number of benzene rings is 3. The second-order valence-electron chi connectivity index (χ2n) is 10.7. The van der Waals surface area contributed by atoms with Gasteiger partial charge in [-0.05, 0) is 73.1 Å². The van der Waals surface area contributed by atoms with Crippen LogP contribution in [0, 0.1) is 0 Å². The zero-order valence-corrected chi connectivity index (χ0v) is 29.9. The molecular formula is C39H48O10. The highest BCUT2D eigenvalue weighted by atomic mass is 16.6. The lowest BCUT2D eigenvalue weighted by Crippen LogP contribution is -2.16. The Labute approximate surface area is 289 Å². The molecule has 3 aromatic carbocycles. The zero-order chi connectivity index (χ0) is 36.1. The standard InChI is InChI=1S/C39H48O10/c1-11-42-29-22-27(32(44-13-3)36(46-15-5)34(29)48-38(40)24(7)8)31(26-20-18-17-19-21-26)28-23-30(43-12-2)35(49-39(41)25(9)10)37(47-16-6)33(28)45-14-4/h17-23,31H,7,9,11-16H2,1-6,8,10H3. The Morgan fingerprint density at radius 1 is 0.531 bits per heavy atom. The first-order valence-electron chi connectivity index (χ1n) is 16.6. The van der Waals surface area contributed by atoms with Crippen molar-refractivity contribution in [1.82, 2.24) is 0 Å². The highest BCUT2D eigenvalue weighted by Gasteiger charge is 2.35. The summed E-state index contributed by atoms with van der Waals surface area (Å²) >= 11 is 0. The van der Waals surface area contributed by atoms with Crippen LogP contribution in [0.1, 0.15) is 78.0 Å². The van der Waals surface area contributed by atoms with Gasteiger partial charge in [0.15, 0.2) is 23.0 Å². The fourth-order valence-corrected chi connectivity index (χ4v) is 5.05. The van der Waals surface area contributed by atoms with Crippen LogP contribution in [0.4, 0.5) is 0 Å². The predicted octanol–water partition coefficient (Wildman–Crippen LogP) is 8.22. The smallest absolute Gasteiger partial charge is 0.338 e. The van der Waals surface area contributed by atoms with Crippen molar-refractivity contribution in [2.24, 2.45) is 0 Å². The SMILES string of the molecule is C=C(C)C(=O)Oc1c(OCC)cc(C(c2ccccc2)c2cc(OCC)c(OC(=O)C(=C)C)c(OCC)c2OCC)c(OCC)c1OCC. The summed E-state index contributed by atoms with van der Waals surface area (Å²) in [5.41, 5.74) is 2.49. The highest BCUT2D eigenvalue weighted by Crippen LogP contribution is 2.56. The van der Waals surface area contributed by atoms with Crippen LogP contribution in [0.5, 0.6) is 46.0 Å². The summed E-state index contributed by atoms with van der Waals surface area (Å²) < 4.78 is 48.9. The van der Waals surface area contributed by atoms with Gasteiger partial charge in [-0.15, -0.1) is 0 Å². The van der Waals surface area contributed by atoms with E-state index < -0.39 is 17.9 Å². The maximum Gasteiger partial charge on any atom is 0.338 e. The molecule has 0 heterocycles. The fourth-order valence-electron chi connectivity index (χ4n) is 5.05. The molecule has 3 aromatic rings. The van der Waals surface area contributed by atoms with Crippen LogP contribution in [0.2, 0.25) is 0 Å². The molecule has 0 aliphatic heterocycles. The van der Waals surface area contributed by atoms with E-state index in [9.17, 15) is 9.59 Å². The van der Waals surface area contributed by atoms with Crippen molar-refractivity contribution in [3.8, 4) is 46.0 Å². The monoisotopic (exact) mass is 676 g/mol. The van der Waals surface area contributed by atoms with Crippen molar-refractivity contribution >= 4 is 11.9 Å². The number of rotatable bonds is 19. The lowest BCUT2D eigenvalue weighted by atomic mass is 9.83. The molecule has 3 rings (SSSR count). The van der Waals surface area contributed by atoms with E-state index in [2.05, 4.69) is 13.2 Å². The molecule has 0 aliphatic carbocycles. The summed E-state index contributed by atoms with van der Waals surface area (Å²) in [7, 11) is 0. The van der Waals surface area contributed by atoms with Gasteiger partial charge in [-0.2, -0.15) is 0 Å². The van der Waals surface area contributed by atoms with Gasteiger partial charge in [-0.25, -0.2) is 9.59 Å². The van der Waals surface area contributed by atoms with Gasteiger partial charge >= 0.3 is 11.9 Å². The zero-order valence-electron chi connectivity index (χ0n) is 29.9. The van der Waals surface area contributed by atoms with Crippen molar-refractivity contribution in [3.63, 3.8) is 0 Å². The predicted molar refractivity (Wildman–Crippen MR) is 188 cm³/mol. The van der Waals surface area contributed by atoms with Gasteiger partial charge in [-0.1, -0.05) is 43.5 Å². The Balaban J connectivity index is 2.60. The van der Waals surface area contributed by atoms with Gasteiger partial charge in [0.2, 0.25) is 23.0 Å². The summed E-state index contributed by atoms with van der Waals surface area (Å²) in [6.45, 7) is 23.1. The molecule has 0 atom stereocenters. The second-order valence-corrected chi connectivity index (χ2v) is 10.7. The number of ether oxygens (including phenoxy) is 8. The minimum atomic E-state index is -0.641. The van der Waals surface area contributed by atoms with E-state index in [0.29, 0.717) is 22.6 Å². The van der Waals surface area contributed by atoms with E-state index in [1.54, 1.807) is 26.0 Å². The fraction of sp³-hybridized carbons (Fsp3) is 0.385. The first-order chi connectivity index (χ1) is 23.6. The minimum Gasteiger partial charge on any atom is -0.490 e. The van der Waals surface area contributed by atoms with Gasteiger partial charge < -0.3 is 37.9 Å². The maximum atomic E-state index is 12.9. The number of esters is 2. The first-order valence-corrected chi connectivity index (χ1v) is 16.6. The van der Waals surface area contributed by atoms with E-state index in [1.807, 2.05) is 71.9 Å². The molecule has 0 saturated heterocycles. The molecule has 0 fully saturated rings. The molecule has 0 radical (unpaired) electrons. The average Bonchev–Trinajstić information content (AvgIpc) is 3.07. The molecule has 0 bridgehead atoms. The van der Waals surface area contributed by atoms with E-state index in [-0.39, 0.29) is 85.3 Å². The molecule has 49 heavy (non-hydrogen) atoms. The van der Waals surface area contributed by atoms with Crippen molar-refractivity contribution in [2.75, 3.05) is 39.6 Å². The average molecular weight is 677 g/mol. The summed E-state index contributed by atoms with van der Waals surface area (Å²) in [5.74, 6) is -0.166. The van der Waals surface area contributed by atoms with Crippen LogP contribution in [-0.4, -0.2) is 51.6 Å². The minimum absolute atomic E-state index is 0.0767. The second kappa shape index (κ2) is 18.4. The van der Waals surface area contributed by atoms with Crippen LogP contribution in [0.3, 0.4) is 0 Å². The molecule has 0 N–H and O–H groups in total. The summed E-state index contributed by atoms with van der Waals surface area (Å²) in [6.07, 6.45) is 0. The number of carbonyl (C=O) groups excluding carboxylic acids is 2. The Morgan fingerprint density at radius 3 is 1.20 bits per heavy atom. The molecular weight excluding hydrogens is 628 g/mol. The number of hydrogen-bond acceptors (Lipinski definition) is 10. The van der Waals surface area contributed by atoms with Gasteiger partial charge in [0.1, 0.15) is 0 Å². The lowest BCUT2D eigenvalue weighted by molar-refractivity contribution is -0.131. The highest BCUT2D eigenvalue weighted by molar-refractivity contribution is 5.91. The Hall–Kier alpha value is -5.12. The normalized spacial score (nSPS) is 10.6. The first kappa shape index (κ1) is 38.3. The Bertz CT molecular complexity index is 1530. The van der Waals surface area contributed by atoms with Crippen LogP contribution >= 0.6 is 0 Å². The molecule has 0 aromatic heterocycles. The van der Waals surface area contributed by atoms with Gasteiger partial charge in [-0.3, -0.25) is 0 Å². The Morgan fingerprint density at radius 2 is 0.878 bits per heavy atom. The quantitative estimate of drug-likeness (QED) is 0.0533. The number of carbonyl (C=O) groups is 2. The molecule has 0 amide bonds. The van der Waals surface area contributed by atoms with Crippen molar-refractivity contribution in [2.45, 2.75) is 61.3 Å². The topological polar surface area (TPSA) is 108 Å². The third-order valence-electron chi connectivity index (χ3n) is 6.97. The van der Waals surface area contributed by atoms with Crippen molar-refractivity contribution < 1.29 is 47.5 Å². The van der Waals surface area contributed by atoms with Crippen LogP contribution in [0.25, 0.3) is 0 Å². The van der Waals surface area contributed by atoms with Crippen LogP contribution in [-0.2, 0) is 9.59 Å². The molecule has 264 valence electrons. The third kappa shape index (κ3) is 9.07. The van der Waals surface area contributed by atoms with E-state index in [4.69, 9.17) is 37.9 Å². The van der Waals surface area contributed by atoms with Gasteiger partial charge in [0.05, 0.1) is 39.6 Å². The van der Waals surface area contributed by atoms with E-state index in [1.165, 1.54) is 0 Å². The van der Waals surface area contributed by atoms with E-state index in [0.717, 1.165) is 5.56 Å². The molecule has 0 spiro atoms. The van der Waals surface area contributed by atoms with Gasteiger partial charge in [0.25, 0.3) is 0 Å². The summed E-state index contributed by atoms with van der Waals surface area (Å²) in [6, 6.07) is 13.3. The largest absolute Gasteiger partial charge is 0.490 e. The summed E-state index contributed by atoms with van der Waals surface area (Å²) in [4.78, 5) is 25.7. The van der Waals surface area contributed by atoms with Crippen LogP contribution < -0.4 is 37.9 Å². The molecule has 10 nitrogen and oxygen atoms in total. The molecule has 0 unspecified atom stereocenters. The Kier molecular flexibility index (Phi) is 14.4. The van der Waals surface area contributed by atoms with Gasteiger partial charge in [0, 0.05) is 28.2 Å². The van der Waals surface area contributed by atoms with Crippen molar-refractivity contribution in [3.05, 3.63) is 83.5 Å². The van der Waals surface area contributed by atoms with Crippen LogP contribution in [0.15, 0.2) is 66.8 Å². The summed E-state index contributed by atoms with van der Waals surface area (Å²) in [5, 5.41) is 0. The molecule has 0 saturated carbocycles. The molecule has 0 aliphatic rings.